The summed E-state index contributed by atoms with van der Waals surface area (Å²) in [5.41, 5.74) is 4.68. The smallest absolute Gasteiger partial charge is 0.176 e. The number of aryl methyl sites for hydroxylation is 2. The zero-order chi connectivity index (χ0) is 16.9. The average Bonchev–Trinajstić information content (AvgIpc) is 2.99. The van der Waals surface area contributed by atoms with E-state index in [1.165, 1.54) is 16.7 Å². The van der Waals surface area contributed by atoms with E-state index in [1.807, 2.05) is 41.2 Å². The van der Waals surface area contributed by atoms with Crippen molar-refractivity contribution in [3.8, 4) is 0 Å². The summed E-state index contributed by atoms with van der Waals surface area (Å²) in [5, 5.41) is 11.3. The SMILES string of the molecule is Cc1ccc(NC(=S)Nc2ccn(Cc3ccccc3)n2)cc1C. The highest BCUT2D eigenvalue weighted by molar-refractivity contribution is 7.80. The van der Waals surface area contributed by atoms with Crippen LogP contribution in [0.25, 0.3) is 0 Å². The number of nitrogens with one attached hydrogen (secondary N) is 2. The third-order valence-corrected chi connectivity index (χ3v) is 4.04. The first-order valence-corrected chi connectivity index (χ1v) is 8.23. The third kappa shape index (κ3) is 4.20. The first kappa shape index (κ1) is 16.2. The molecule has 24 heavy (non-hydrogen) atoms. The van der Waals surface area contributed by atoms with Crippen LogP contribution in [0.5, 0.6) is 0 Å². The minimum atomic E-state index is 0.531. The Balaban J connectivity index is 1.59. The highest BCUT2D eigenvalue weighted by Crippen LogP contribution is 2.14. The lowest BCUT2D eigenvalue weighted by Gasteiger charge is -2.10. The van der Waals surface area contributed by atoms with Gasteiger partial charge < -0.3 is 10.6 Å². The number of thiocarbonyl (C=S) groups is 1. The molecule has 3 aromatic rings. The minimum absolute atomic E-state index is 0.531. The fourth-order valence-electron chi connectivity index (χ4n) is 2.38. The zero-order valence-electron chi connectivity index (χ0n) is 13.8. The Hall–Kier alpha value is -2.66. The van der Waals surface area contributed by atoms with Crippen LogP contribution < -0.4 is 10.6 Å². The third-order valence-electron chi connectivity index (χ3n) is 3.83. The van der Waals surface area contributed by atoms with E-state index in [9.17, 15) is 0 Å². The van der Waals surface area contributed by atoms with E-state index in [-0.39, 0.29) is 0 Å². The number of anilines is 2. The maximum absolute atomic E-state index is 5.36. The van der Waals surface area contributed by atoms with E-state index in [0.717, 1.165) is 18.1 Å². The van der Waals surface area contributed by atoms with Gasteiger partial charge in [0.2, 0.25) is 0 Å². The number of hydrogen-bond donors (Lipinski definition) is 2. The fraction of sp³-hybridized carbons (Fsp3) is 0.158. The molecule has 4 nitrogen and oxygen atoms in total. The number of rotatable bonds is 4. The van der Waals surface area contributed by atoms with Gasteiger partial charge in [0.05, 0.1) is 6.54 Å². The topological polar surface area (TPSA) is 41.9 Å². The predicted molar refractivity (Wildman–Crippen MR) is 104 cm³/mol. The van der Waals surface area contributed by atoms with Crippen LogP contribution in [-0.2, 0) is 6.54 Å². The molecule has 0 bridgehead atoms. The second-order valence-electron chi connectivity index (χ2n) is 5.76. The Bertz CT molecular complexity index is 840. The molecule has 0 fully saturated rings. The molecule has 0 saturated heterocycles. The first-order chi connectivity index (χ1) is 11.6. The van der Waals surface area contributed by atoms with Crippen molar-refractivity contribution < 1.29 is 0 Å². The van der Waals surface area contributed by atoms with Crippen molar-refractivity contribution in [2.75, 3.05) is 10.6 Å². The standard InChI is InChI=1S/C19H20N4S/c1-14-8-9-17(12-15(14)2)20-19(24)21-18-10-11-23(22-18)13-16-6-4-3-5-7-16/h3-12H,13H2,1-2H3,(H2,20,21,22,24). The molecule has 2 aromatic carbocycles. The van der Waals surface area contributed by atoms with Gasteiger partial charge in [0.15, 0.2) is 10.9 Å². The lowest BCUT2D eigenvalue weighted by molar-refractivity contribution is 0.690. The molecule has 0 aliphatic rings. The van der Waals surface area contributed by atoms with E-state index in [1.54, 1.807) is 0 Å². The molecular formula is C19H20N4S. The summed E-state index contributed by atoms with van der Waals surface area (Å²) in [4.78, 5) is 0. The van der Waals surface area contributed by atoms with Gasteiger partial charge in [-0.3, -0.25) is 4.68 Å². The molecule has 2 N–H and O–H groups in total. The molecule has 1 aromatic heterocycles. The molecule has 0 atom stereocenters. The highest BCUT2D eigenvalue weighted by atomic mass is 32.1. The summed E-state index contributed by atoms with van der Waals surface area (Å²) in [5.74, 6) is 0.729. The van der Waals surface area contributed by atoms with Crippen molar-refractivity contribution in [3.05, 3.63) is 77.5 Å². The summed E-state index contributed by atoms with van der Waals surface area (Å²) in [6, 6.07) is 18.3. The average molecular weight is 336 g/mol. The first-order valence-electron chi connectivity index (χ1n) is 7.83. The molecule has 0 aliphatic heterocycles. The Kier molecular flexibility index (Phi) is 4.91. The van der Waals surface area contributed by atoms with Gasteiger partial charge in [-0.25, -0.2) is 0 Å². The van der Waals surface area contributed by atoms with Gasteiger partial charge in [0, 0.05) is 18.0 Å². The van der Waals surface area contributed by atoms with E-state index in [0.29, 0.717) is 5.11 Å². The van der Waals surface area contributed by atoms with Crippen molar-refractivity contribution in [1.82, 2.24) is 9.78 Å². The van der Waals surface area contributed by atoms with Gasteiger partial charge in [0.25, 0.3) is 0 Å². The van der Waals surface area contributed by atoms with Gasteiger partial charge in [-0.1, -0.05) is 36.4 Å². The summed E-state index contributed by atoms with van der Waals surface area (Å²) < 4.78 is 1.89. The molecule has 0 spiro atoms. The molecule has 0 unspecified atom stereocenters. The van der Waals surface area contributed by atoms with Crippen molar-refractivity contribution in [1.29, 1.82) is 0 Å². The molecule has 3 rings (SSSR count). The fourth-order valence-corrected chi connectivity index (χ4v) is 2.61. The Morgan fingerprint density at radius 1 is 1.00 bits per heavy atom. The van der Waals surface area contributed by atoms with Crippen LogP contribution in [0.2, 0.25) is 0 Å². The van der Waals surface area contributed by atoms with E-state index < -0.39 is 0 Å². The predicted octanol–water partition coefficient (Wildman–Crippen LogP) is 4.36. The maximum Gasteiger partial charge on any atom is 0.176 e. The molecule has 0 aliphatic carbocycles. The van der Waals surface area contributed by atoms with Crippen molar-refractivity contribution in [3.63, 3.8) is 0 Å². The van der Waals surface area contributed by atoms with E-state index >= 15 is 0 Å². The molecule has 0 saturated carbocycles. The van der Waals surface area contributed by atoms with Crippen LogP contribution in [0.15, 0.2) is 60.8 Å². The van der Waals surface area contributed by atoms with Crippen LogP contribution in [-0.4, -0.2) is 14.9 Å². The largest absolute Gasteiger partial charge is 0.332 e. The summed E-state index contributed by atoms with van der Waals surface area (Å²) in [7, 11) is 0. The quantitative estimate of drug-likeness (QED) is 0.695. The van der Waals surface area contributed by atoms with Gasteiger partial charge >= 0.3 is 0 Å². The second-order valence-corrected chi connectivity index (χ2v) is 6.17. The van der Waals surface area contributed by atoms with Crippen molar-refractivity contribution in [2.45, 2.75) is 20.4 Å². The van der Waals surface area contributed by atoms with Gasteiger partial charge in [-0.15, -0.1) is 0 Å². The van der Waals surface area contributed by atoms with Crippen LogP contribution in [0.1, 0.15) is 16.7 Å². The summed E-state index contributed by atoms with van der Waals surface area (Å²) in [6.07, 6.45) is 1.94. The molecular weight excluding hydrogens is 316 g/mol. The molecule has 1 heterocycles. The lowest BCUT2D eigenvalue weighted by Crippen LogP contribution is -2.19. The van der Waals surface area contributed by atoms with Crippen molar-refractivity contribution >= 4 is 28.8 Å². The van der Waals surface area contributed by atoms with E-state index in [4.69, 9.17) is 12.2 Å². The van der Waals surface area contributed by atoms with Crippen LogP contribution >= 0.6 is 12.2 Å². The zero-order valence-corrected chi connectivity index (χ0v) is 14.6. The summed E-state index contributed by atoms with van der Waals surface area (Å²) in [6.45, 7) is 4.91. The van der Waals surface area contributed by atoms with Crippen molar-refractivity contribution in [2.24, 2.45) is 0 Å². The van der Waals surface area contributed by atoms with Gasteiger partial charge in [-0.05, 0) is 54.9 Å². The maximum atomic E-state index is 5.36. The Morgan fingerprint density at radius 3 is 2.54 bits per heavy atom. The minimum Gasteiger partial charge on any atom is -0.332 e. The van der Waals surface area contributed by atoms with Crippen LogP contribution in [0.4, 0.5) is 11.5 Å². The second kappa shape index (κ2) is 7.27. The van der Waals surface area contributed by atoms with Crippen LogP contribution in [0, 0.1) is 13.8 Å². The molecule has 0 amide bonds. The molecule has 5 heteroatoms. The number of nitrogens with zero attached hydrogens (tertiary/aromatic N) is 2. The Morgan fingerprint density at radius 2 is 1.79 bits per heavy atom. The lowest BCUT2D eigenvalue weighted by atomic mass is 10.1. The monoisotopic (exact) mass is 336 g/mol. The highest BCUT2D eigenvalue weighted by Gasteiger charge is 2.04. The van der Waals surface area contributed by atoms with Crippen LogP contribution in [0.3, 0.4) is 0 Å². The van der Waals surface area contributed by atoms with Gasteiger partial charge in [-0.2, -0.15) is 5.10 Å². The molecule has 122 valence electrons. The number of hydrogen-bond acceptors (Lipinski definition) is 2. The Labute approximate surface area is 147 Å². The summed E-state index contributed by atoms with van der Waals surface area (Å²) >= 11 is 5.36. The van der Waals surface area contributed by atoms with E-state index in [2.05, 4.69) is 53.8 Å². The number of aromatic nitrogens is 2. The normalized spacial score (nSPS) is 10.4. The number of benzene rings is 2. The van der Waals surface area contributed by atoms with Gasteiger partial charge in [0.1, 0.15) is 0 Å². The molecule has 0 radical (unpaired) electrons.